The van der Waals surface area contributed by atoms with E-state index >= 15 is 0 Å². The van der Waals surface area contributed by atoms with Gasteiger partial charge in [0.1, 0.15) is 0 Å². The highest BCUT2D eigenvalue weighted by Crippen LogP contribution is 2.63. The predicted octanol–water partition coefficient (Wildman–Crippen LogP) is 24.5. The number of pyridine rings is 2. The zero-order valence-corrected chi connectivity index (χ0v) is 59.8. The smallest absolute Gasteiger partial charge is 0.165 e. The topological polar surface area (TPSA) is 90.2 Å². The van der Waals surface area contributed by atoms with Crippen molar-refractivity contribution in [3.8, 4) is 146 Å². The van der Waals surface area contributed by atoms with Gasteiger partial charge in [-0.3, -0.25) is 9.97 Å². The summed E-state index contributed by atoms with van der Waals surface area (Å²) < 4.78 is 0. The molecule has 0 unspecified atom stereocenters. The number of hydrogen-bond acceptors (Lipinski definition) is 7. The lowest BCUT2D eigenvalue weighted by atomic mass is 9.67. The Morgan fingerprint density at radius 1 is 0.164 bits per heavy atom. The van der Waals surface area contributed by atoms with E-state index in [-0.39, 0.29) is 5.41 Å². The van der Waals surface area contributed by atoms with Gasteiger partial charge >= 0.3 is 0 Å². The Balaban J connectivity index is 0.000000144. The second-order valence-corrected chi connectivity index (χ2v) is 28.2. The molecular formula is C103H67N7. The van der Waals surface area contributed by atoms with Crippen molar-refractivity contribution in [2.75, 3.05) is 0 Å². The van der Waals surface area contributed by atoms with Crippen LogP contribution in [0.5, 0.6) is 0 Å². The van der Waals surface area contributed by atoms with Crippen LogP contribution in [0.2, 0.25) is 0 Å². The molecule has 0 fully saturated rings. The van der Waals surface area contributed by atoms with E-state index in [1.165, 1.54) is 94.6 Å². The van der Waals surface area contributed by atoms with Crippen LogP contribution in [0.15, 0.2) is 407 Å². The number of benzene rings is 14. The molecule has 0 bridgehead atoms. The van der Waals surface area contributed by atoms with E-state index in [4.69, 9.17) is 24.9 Å². The van der Waals surface area contributed by atoms with Crippen LogP contribution >= 0.6 is 0 Å². The van der Waals surface area contributed by atoms with Crippen molar-refractivity contribution in [3.05, 3.63) is 451 Å². The fourth-order valence-corrected chi connectivity index (χ4v) is 17.1. The van der Waals surface area contributed by atoms with E-state index in [1.807, 2.05) is 48.8 Å². The van der Waals surface area contributed by atoms with Gasteiger partial charge in [0, 0.05) is 58.2 Å². The molecule has 4 heterocycles. The van der Waals surface area contributed by atoms with Crippen molar-refractivity contribution in [1.29, 1.82) is 0 Å². The van der Waals surface area contributed by atoms with Crippen molar-refractivity contribution in [1.82, 2.24) is 34.9 Å². The molecule has 0 N–H and O–H groups in total. The van der Waals surface area contributed by atoms with Gasteiger partial charge in [0.2, 0.25) is 0 Å². The van der Waals surface area contributed by atoms with Crippen LogP contribution in [0.4, 0.5) is 0 Å². The lowest BCUT2D eigenvalue weighted by Crippen LogP contribution is -2.28. The summed E-state index contributed by atoms with van der Waals surface area (Å²) in [6, 6.07) is 137. The Kier molecular flexibility index (Phi) is 16.2. The Bertz CT molecular complexity index is 6040. The van der Waals surface area contributed by atoms with Gasteiger partial charge in [-0.2, -0.15) is 0 Å². The van der Waals surface area contributed by atoms with Crippen LogP contribution < -0.4 is 0 Å². The van der Waals surface area contributed by atoms with E-state index in [0.717, 1.165) is 72.6 Å². The first-order valence-electron chi connectivity index (χ1n) is 37.3. The fraction of sp³-hybridized carbons (Fsp3) is 0.0194. The Morgan fingerprint density at radius 3 is 0.864 bits per heavy atom. The average molecular weight is 1400 g/mol. The first-order chi connectivity index (χ1) is 54.5. The van der Waals surface area contributed by atoms with Crippen LogP contribution in [-0.2, 0) is 10.8 Å². The third-order valence-corrected chi connectivity index (χ3v) is 22.2. The highest BCUT2D eigenvalue weighted by Gasteiger charge is 2.52. The minimum Gasteiger partial charge on any atom is -0.265 e. The van der Waals surface area contributed by atoms with Crippen LogP contribution in [-0.4, -0.2) is 34.9 Å². The summed E-state index contributed by atoms with van der Waals surface area (Å²) in [4.78, 5) is 33.7. The molecule has 0 saturated heterocycles. The summed E-state index contributed by atoms with van der Waals surface area (Å²) >= 11 is 0. The Labute approximate surface area is 639 Å². The number of hydrogen-bond donors (Lipinski definition) is 0. The van der Waals surface area contributed by atoms with Crippen molar-refractivity contribution in [3.63, 3.8) is 0 Å². The summed E-state index contributed by atoms with van der Waals surface area (Å²) in [6.45, 7) is 0. The SMILES string of the molecule is c1ccc(-c2ccc(-c3nc(-c4ccc(-c5ccc6c(c5)C(c5ccccc5)(c5ccccc5)c5ccccc5-6)cc4)nc(-c4cccnc4)n3)cc2)cc1.c1ccc(-c2ccc(-c3nc(-c4ccncc4)cc(-c4ccc(-c5ccc6c(c5)C5(c7ccccc7-c7ccccc75)c5ccccc5-6)cc4)n3)cc2)cc1. The molecule has 0 amide bonds. The van der Waals surface area contributed by atoms with E-state index in [2.05, 4.69) is 356 Å². The van der Waals surface area contributed by atoms with Crippen LogP contribution in [0.1, 0.15) is 44.5 Å². The van der Waals surface area contributed by atoms with Gasteiger partial charge < -0.3 is 0 Å². The number of aromatic nitrogens is 7. The van der Waals surface area contributed by atoms with Gasteiger partial charge in [-0.15, -0.1) is 0 Å². The van der Waals surface area contributed by atoms with Crippen molar-refractivity contribution in [2.45, 2.75) is 10.8 Å². The van der Waals surface area contributed by atoms with Gasteiger partial charge in [-0.1, -0.05) is 340 Å². The molecule has 21 rings (SSSR count). The number of nitrogens with zero attached hydrogens (tertiary/aromatic N) is 7. The molecule has 7 heteroatoms. The van der Waals surface area contributed by atoms with Crippen molar-refractivity contribution in [2.24, 2.45) is 0 Å². The minimum atomic E-state index is -0.451. The van der Waals surface area contributed by atoms with E-state index < -0.39 is 5.41 Å². The molecular weight excluding hydrogens is 1340 g/mol. The summed E-state index contributed by atoms with van der Waals surface area (Å²) in [7, 11) is 0. The van der Waals surface area contributed by atoms with Gasteiger partial charge in [-0.25, -0.2) is 24.9 Å². The van der Waals surface area contributed by atoms with Crippen molar-refractivity contribution >= 4 is 0 Å². The zero-order chi connectivity index (χ0) is 73.0. The summed E-state index contributed by atoms with van der Waals surface area (Å²) in [6.07, 6.45) is 7.17. The molecule has 18 aromatic rings. The lowest BCUT2D eigenvalue weighted by Gasteiger charge is -2.34. The van der Waals surface area contributed by atoms with Crippen LogP contribution in [0, 0.1) is 0 Å². The second kappa shape index (κ2) is 27.4. The van der Waals surface area contributed by atoms with Crippen LogP contribution in [0.3, 0.4) is 0 Å². The molecule has 514 valence electrons. The third-order valence-electron chi connectivity index (χ3n) is 22.2. The van der Waals surface area contributed by atoms with E-state index in [0.29, 0.717) is 23.3 Å². The molecule has 110 heavy (non-hydrogen) atoms. The lowest BCUT2D eigenvalue weighted by molar-refractivity contribution is 0.769. The molecule has 14 aromatic carbocycles. The predicted molar refractivity (Wildman–Crippen MR) is 445 cm³/mol. The summed E-state index contributed by atoms with van der Waals surface area (Å²) in [5.74, 6) is 2.50. The zero-order valence-electron chi connectivity index (χ0n) is 59.8. The molecule has 0 aliphatic heterocycles. The molecule has 3 aliphatic carbocycles. The summed E-state index contributed by atoms with van der Waals surface area (Å²) in [5, 5.41) is 0. The van der Waals surface area contributed by atoms with Gasteiger partial charge in [0.05, 0.1) is 22.2 Å². The molecule has 4 aromatic heterocycles. The Morgan fingerprint density at radius 2 is 0.455 bits per heavy atom. The first-order valence-corrected chi connectivity index (χ1v) is 37.3. The standard InChI is InChI=1S/C52H33N3.C51H34N4/c1-2-10-34(11-3-1)35-20-24-39(25-21-35)51-54-49(33-50(55-51)38-28-30-53-31-29-38)37-22-18-36(19-23-37)40-26-27-44-43-14-6-9-17-47(43)52(48(44)32-40)45-15-7-4-12-41(45)42-13-5-8-16-46(42)52;1-4-13-35(14-5-1)36-22-26-38(27-23-36)48-53-49(55-50(54-48)41-15-12-32-52-34-41)39-28-24-37(25-29-39)40-30-31-45-44-20-10-11-21-46(44)51(47(45)33-40,42-16-6-2-7-17-42)43-18-8-3-9-19-43/h1-33H;1-34H. The number of rotatable bonds is 12. The highest BCUT2D eigenvalue weighted by molar-refractivity contribution is 5.96. The molecule has 0 saturated carbocycles. The number of fused-ring (bicyclic) bond motifs is 13. The monoisotopic (exact) mass is 1400 g/mol. The maximum atomic E-state index is 5.14. The van der Waals surface area contributed by atoms with Crippen LogP contribution in [0.25, 0.3) is 146 Å². The molecule has 0 radical (unpaired) electrons. The largest absolute Gasteiger partial charge is 0.265 e. The first kappa shape index (κ1) is 65.0. The molecule has 7 nitrogen and oxygen atoms in total. The maximum Gasteiger partial charge on any atom is 0.165 e. The molecule has 1 spiro atoms. The van der Waals surface area contributed by atoms with Crippen molar-refractivity contribution < 1.29 is 0 Å². The quantitative estimate of drug-likeness (QED) is 0.120. The average Bonchev–Trinajstić information content (AvgIpc) is 1.51. The fourth-order valence-electron chi connectivity index (χ4n) is 17.1. The second-order valence-electron chi connectivity index (χ2n) is 28.2. The molecule has 0 atom stereocenters. The molecule has 3 aliphatic rings. The van der Waals surface area contributed by atoms with E-state index in [9.17, 15) is 0 Å². The minimum absolute atomic E-state index is 0.366. The Hall–Kier alpha value is -14.5. The highest BCUT2D eigenvalue weighted by atomic mass is 15.0. The maximum absolute atomic E-state index is 5.14. The van der Waals surface area contributed by atoms with Gasteiger partial charge in [-0.05, 0) is 165 Å². The normalized spacial score (nSPS) is 12.7. The van der Waals surface area contributed by atoms with Gasteiger partial charge in [0.25, 0.3) is 0 Å². The summed E-state index contributed by atoms with van der Waals surface area (Å²) in [5.41, 5.74) is 34.2. The third kappa shape index (κ3) is 11.2. The van der Waals surface area contributed by atoms with Gasteiger partial charge in [0.15, 0.2) is 23.3 Å². The van der Waals surface area contributed by atoms with E-state index in [1.54, 1.807) is 12.4 Å².